The van der Waals surface area contributed by atoms with E-state index in [-0.39, 0.29) is 5.91 Å². The van der Waals surface area contributed by atoms with Crippen LogP contribution in [0.2, 0.25) is 0 Å². The van der Waals surface area contributed by atoms with Gasteiger partial charge in [0.25, 0.3) is 0 Å². The molecule has 1 fully saturated rings. The highest BCUT2D eigenvalue weighted by molar-refractivity contribution is 5.92. The lowest BCUT2D eigenvalue weighted by Crippen LogP contribution is -2.26. The van der Waals surface area contributed by atoms with Gasteiger partial charge in [-0.3, -0.25) is 4.79 Å². The van der Waals surface area contributed by atoms with Crippen molar-refractivity contribution in [3.8, 4) is 23.8 Å². The molecule has 1 N–H and O–H groups in total. The van der Waals surface area contributed by atoms with Crippen LogP contribution in [0.25, 0.3) is 0 Å². The lowest BCUT2D eigenvalue weighted by molar-refractivity contribution is -0.116. The quantitative estimate of drug-likeness (QED) is 0.575. The van der Waals surface area contributed by atoms with E-state index in [0.29, 0.717) is 49.8 Å². The summed E-state index contributed by atoms with van der Waals surface area (Å²) in [6.45, 7) is 1.83. The second kappa shape index (κ2) is 9.75. The van der Waals surface area contributed by atoms with Crippen molar-refractivity contribution in [3.05, 3.63) is 18.2 Å². The highest BCUT2D eigenvalue weighted by Gasteiger charge is 2.39. The standard InChI is InChI=1S/C22H30N4O3/c1-4-5-12-22(24-25-22)13-10-21(27)23-19-9-8-18(16-20(19)28-3)29-15-11-17-7-6-14-26(17)2/h1,8-9,16-17H,5-7,10-15H2,2-3H3,(H,23,27). The summed E-state index contributed by atoms with van der Waals surface area (Å²) in [7, 11) is 3.75. The van der Waals surface area contributed by atoms with Gasteiger partial charge in [0.2, 0.25) is 5.91 Å². The lowest BCUT2D eigenvalue weighted by atomic mass is 10.0. The third-order valence-corrected chi connectivity index (χ3v) is 5.64. The first-order chi connectivity index (χ1) is 14.0. The minimum Gasteiger partial charge on any atom is -0.494 e. The number of ether oxygens (including phenoxy) is 2. The molecule has 0 radical (unpaired) electrons. The number of carbonyl (C=O) groups excluding carboxylic acids is 1. The van der Waals surface area contributed by atoms with Gasteiger partial charge in [0.15, 0.2) is 5.66 Å². The molecule has 7 nitrogen and oxygen atoms in total. The Balaban J connectivity index is 1.46. The number of anilines is 1. The largest absolute Gasteiger partial charge is 0.494 e. The molecule has 0 saturated carbocycles. The van der Waals surface area contributed by atoms with Crippen LogP contribution in [0.3, 0.4) is 0 Å². The number of hydrogen-bond donors (Lipinski definition) is 1. The normalized spacial score (nSPS) is 19.6. The molecule has 2 heterocycles. The fourth-order valence-electron chi connectivity index (χ4n) is 3.72. The van der Waals surface area contributed by atoms with Gasteiger partial charge in [0.1, 0.15) is 11.5 Å². The van der Waals surface area contributed by atoms with Gasteiger partial charge in [-0.15, -0.1) is 12.3 Å². The highest BCUT2D eigenvalue weighted by Crippen LogP contribution is 2.38. The maximum absolute atomic E-state index is 12.3. The van der Waals surface area contributed by atoms with Crippen molar-refractivity contribution in [3.63, 3.8) is 0 Å². The first-order valence-corrected chi connectivity index (χ1v) is 10.2. The molecule has 1 aromatic carbocycles. The number of nitrogens with zero attached hydrogens (tertiary/aromatic N) is 3. The number of methoxy groups -OCH3 is 1. The Morgan fingerprint density at radius 2 is 2.24 bits per heavy atom. The van der Waals surface area contributed by atoms with E-state index in [0.717, 1.165) is 12.2 Å². The van der Waals surface area contributed by atoms with E-state index >= 15 is 0 Å². The number of amides is 1. The molecular formula is C22H30N4O3. The molecule has 0 aromatic heterocycles. The Hall–Kier alpha value is -2.59. The first-order valence-electron chi connectivity index (χ1n) is 10.2. The molecule has 2 aliphatic rings. The van der Waals surface area contributed by atoms with Crippen molar-refractivity contribution in [1.82, 2.24) is 4.90 Å². The number of nitrogens with one attached hydrogen (secondary N) is 1. The van der Waals surface area contributed by atoms with Gasteiger partial charge >= 0.3 is 0 Å². The molecule has 0 bridgehead atoms. The van der Waals surface area contributed by atoms with E-state index in [2.05, 4.69) is 33.4 Å². The summed E-state index contributed by atoms with van der Waals surface area (Å²) in [6, 6.07) is 6.09. The number of rotatable bonds is 11. The summed E-state index contributed by atoms with van der Waals surface area (Å²) in [5, 5.41) is 11.0. The van der Waals surface area contributed by atoms with Crippen LogP contribution in [-0.4, -0.2) is 49.8 Å². The zero-order chi connectivity index (χ0) is 20.7. The molecule has 2 aliphatic heterocycles. The zero-order valence-electron chi connectivity index (χ0n) is 17.3. The van der Waals surface area contributed by atoms with Crippen molar-refractivity contribution in [2.75, 3.05) is 32.6 Å². The summed E-state index contributed by atoms with van der Waals surface area (Å²) >= 11 is 0. The third kappa shape index (κ3) is 5.94. The van der Waals surface area contributed by atoms with Crippen molar-refractivity contribution in [1.29, 1.82) is 0 Å². The van der Waals surface area contributed by atoms with E-state index in [1.165, 1.54) is 19.4 Å². The number of hydrogen-bond acceptors (Lipinski definition) is 6. The second-order valence-corrected chi connectivity index (χ2v) is 7.71. The van der Waals surface area contributed by atoms with Crippen LogP contribution in [0.15, 0.2) is 28.4 Å². The Labute approximate surface area is 172 Å². The number of terminal acetylenes is 1. The minimum absolute atomic E-state index is 0.0985. The maximum atomic E-state index is 12.3. The van der Waals surface area contributed by atoms with Crippen molar-refractivity contribution in [2.45, 2.75) is 56.7 Å². The summed E-state index contributed by atoms with van der Waals surface area (Å²) in [4.78, 5) is 14.7. The Bertz CT molecular complexity index is 781. The molecular weight excluding hydrogens is 368 g/mol. The van der Waals surface area contributed by atoms with E-state index < -0.39 is 5.66 Å². The van der Waals surface area contributed by atoms with Crippen LogP contribution in [0.4, 0.5) is 5.69 Å². The van der Waals surface area contributed by atoms with Crippen LogP contribution in [-0.2, 0) is 4.79 Å². The molecule has 1 amide bonds. The predicted octanol–water partition coefficient (Wildman–Crippen LogP) is 3.85. The maximum Gasteiger partial charge on any atom is 0.224 e. The Morgan fingerprint density at radius 1 is 1.41 bits per heavy atom. The average Bonchev–Trinajstić information content (AvgIpc) is 3.39. The Kier molecular flexibility index (Phi) is 7.10. The Morgan fingerprint density at radius 3 is 2.90 bits per heavy atom. The SMILES string of the molecule is C#CCCC1(CCC(=O)Nc2ccc(OCCC3CCCN3C)cc2OC)N=N1. The summed E-state index contributed by atoms with van der Waals surface area (Å²) in [6.07, 6.45) is 11.0. The van der Waals surface area contributed by atoms with Crippen molar-refractivity contribution < 1.29 is 14.3 Å². The van der Waals surface area contributed by atoms with E-state index in [9.17, 15) is 4.79 Å². The molecule has 1 saturated heterocycles. The molecule has 1 unspecified atom stereocenters. The van der Waals surface area contributed by atoms with Gasteiger partial charge in [0, 0.05) is 37.8 Å². The highest BCUT2D eigenvalue weighted by atomic mass is 16.5. The van der Waals surface area contributed by atoms with Crippen molar-refractivity contribution >= 4 is 11.6 Å². The van der Waals surface area contributed by atoms with Gasteiger partial charge in [0.05, 0.1) is 19.4 Å². The fraction of sp³-hybridized carbons (Fsp3) is 0.591. The summed E-state index contributed by atoms with van der Waals surface area (Å²) < 4.78 is 11.3. The van der Waals surface area contributed by atoms with Gasteiger partial charge in [-0.2, -0.15) is 10.2 Å². The third-order valence-electron chi connectivity index (χ3n) is 5.64. The zero-order valence-corrected chi connectivity index (χ0v) is 17.3. The molecule has 1 atom stereocenters. The predicted molar refractivity (Wildman–Crippen MR) is 112 cm³/mol. The number of benzene rings is 1. The monoisotopic (exact) mass is 398 g/mol. The molecule has 29 heavy (non-hydrogen) atoms. The van der Waals surface area contributed by atoms with Crippen LogP contribution >= 0.6 is 0 Å². The molecule has 156 valence electrons. The van der Waals surface area contributed by atoms with Crippen LogP contribution < -0.4 is 14.8 Å². The van der Waals surface area contributed by atoms with Crippen molar-refractivity contribution in [2.24, 2.45) is 10.2 Å². The molecule has 7 heteroatoms. The van der Waals surface area contributed by atoms with E-state index in [1.807, 2.05) is 18.2 Å². The van der Waals surface area contributed by atoms with E-state index in [1.54, 1.807) is 7.11 Å². The molecule has 0 spiro atoms. The summed E-state index contributed by atoms with van der Waals surface area (Å²) in [5.74, 6) is 3.81. The number of likely N-dealkylation sites (tertiary alicyclic amines) is 1. The molecule has 3 rings (SSSR count). The second-order valence-electron chi connectivity index (χ2n) is 7.71. The van der Waals surface area contributed by atoms with Crippen LogP contribution in [0.5, 0.6) is 11.5 Å². The van der Waals surface area contributed by atoms with E-state index in [4.69, 9.17) is 15.9 Å². The van der Waals surface area contributed by atoms with Crippen LogP contribution in [0.1, 0.15) is 44.9 Å². The van der Waals surface area contributed by atoms with Gasteiger partial charge < -0.3 is 19.7 Å². The smallest absolute Gasteiger partial charge is 0.224 e. The summed E-state index contributed by atoms with van der Waals surface area (Å²) in [5.41, 5.74) is 0.182. The molecule has 0 aliphatic carbocycles. The van der Waals surface area contributed by atoms with Crippen LogP contribution in [0, 0.1) is 12.3 Å². The number of carbonyl (C=O) groups is 1. The average molecular weight is 399 g/mol. The van der Waals surface area contributed by atoms with Gasteiger partial charge in [-0.25, -0.2) is 0 Å². The lowest BCUT2D eigenvalue weighted by Gasteiger charge is -2.19. The topological polar surface area (TPSA) is 75.5 Å². The molecule has 1 aromatic rings. The first kappa shape index (κ1) is 21.1. The van der Waals surface area contributed by atoms with Gasteiger partial charge in [-0.1, -0.05) is 0 Å². The minimum atomic E-state index is -0.446. The fourth-order valence-corrected chi connectivity index (χ4v) is 3.72. The van der Waals surface area contributed by atoms with Gasteiger partial charge in [-0.05, 0) is 45.0 Å².